The average Bonchev–Trinajstić information content (AvgIpc) is 3.20. The van der Waals surface area contributed by atoms with Crippen molar-refractivity contribution in [3.05, 3.63) is 54.7 Å². The highest BCUT2D eigenvalue weighted by Crippen LogP contribution is 2.27. The van der Waals surface area contributed by atoms with Gasteiger partial charge in [-0.1, -0.05) is 36.4 Å². The summed E-state index contributed by atoms with van der Waals surface area (Å²) in [6.45, 7) is 2.26. The zero-order chi connectivity index (χ0) is 18.9. The van der Waals surface area contributed by atoms with Crippen LogP contribution in [0.3, 0.4) is 0 Å². The summed E-state index contributed by atoms with van der Waals surface area (Å²) in [4.78, 5) is 22.8. The summed E-state index contributed by atoms with van der Waals surface area (Å²) in [5.74, 6) is 1.22. The minimum absolute atomic E-state index is 0.138. The monoisotopic (exact) mass is 374 g/mol. The first kappa shape index (κ1) is 17.0. The van der Waals surface area contributed by atoms with Crippen LogP contribution < -0.4 is 10.2 Å². The van der Waals surface area contributed by atoms with E-state index in [4.69, 9.17) is 9.72 Å². The lowest BCUT2D eigenvalue weighted by molar-refractivity contribution is 0.174. The number of nitrogens with one attached hydrogen (secondary N) is 1. The molecule has 2 fully saturated rings. The lowest BCUT2D eigenvalue weighted by Gasteiger charge is -2.34. The Labute approximate surface area is 163 Å². The molecule has 3 heterocycles. The zero-order valence-electron chi connectivity index (χ0n) is 15.5. The molecule has 6 heteroatoms. The largest absolute Gasteiger partial charge is 0.447 e. The maximum atomic E-state index is 11.3. The number of nitrogens with zero attached hydrogens (tertiary/aromatic N) is 3. The van der Waals surface area contributed by atoms with Gasteiger partial charge in [0.05, 0.1) is 11.7 Å². The standard InChI is InChI=1S/C22H22N4O2/c27-22-25-20(14-28-22)16-8-11-26(12-9-16)21-23-10-7-19(24-21)18-6-5-15-3-1-2-4-17(15)13-18/h1-7,10,13,16,20H,8-9,11-12,14H2,(H,25,27)/t20-/m0/s1. The topological polar surface area (TPSA) is 67.4 Å². The number of carbonyl (C=O) groups is 1. The molecule has 5 rings (SSSR count). The molecule has 2 aliphatic rings. The first-order chi connectivity index (χ1) is 13.8. The summed E-state index contributed by atoms with van der Waals surface area (Å²) < 4.78 is 5.04. The van der Waals surface area contributed by atoms with Crippen LogP contribution in [0.5, 0.6) is 0 Å². The van der Waals surface area contributed by atoms with Gasteiger partial charge in [0.25, 0.3) is 0 Å². The number of carbonyl (C=O) groups excluding carboxylic acids is 1. The van der Waals surface area contributed by atoms with Gasteiger partial charge in [-0.05, 0) is 41.7 Å². The maximum absolute atomic E-state index is 11.3. The molecule has 6 nitrogen and oxygen atoms in total. The van der Waals surface area contributed by atoms with E-state index in [9.17, 15) is 4.79 Å². The number of rotatable bonds is 3. The molecule has 0 aliphatic carbocycles. The van der Waals surface area contributed by atoms with Crippen LogP contribution >= 0.6 is 0 Å². The van der Waals surface area contributed by atoms with E-state index in [1.54, 1.807) is 0 Å². The van der Waals surface area contributed by atoms with Crippen molar-refractivity contribution in [2.45, 2.75) is 18.9 Å². The van der Waals surface area contributed by atoms with Gasteiger partial charge in [0.1, 0.15) is 6.61 Å². The summed E-state index contributed by atoms with van der Waals surface area (Å²) in [5, 5.41) is 5.35. The molecule has 1 atom stereocenters. The first-order valence-electron chi connectivity index (χ1n) is 9.77. The van der Waals surface area contributed by atoms with Crippen molar-refractivity contribution in [2.24, 2.45) is 5.92 Å². The fourth-order valence-corrected chi connectivity index (χ4v) is 4.17. The van der Waals surface area contributed by atoms with Gasteiger partial charge >= 0.3 is 6.09 Å². The second-order valence-electron chi connectivity index (χ2n) is 7.48. The van der Waals surface area contributed by atoms with Gasteiger partial charge in [-0.3, -0.25) is 0 Å². The number of hydrogen-bond acceptors (Lipinski definition) is 5. The molecule has 1 amide bonds. The van der Waals surface area contributed by atoms with Crippen LogP contribution in [-0.4, -0.2) is 41.8 Å². The number of benzene rings is 2. The van der Waals surface area contributed by atoms with E-state index in [-0.39, 0.29) is 12.1 Å². The number of amides is 1. The molecular formula is C22H22N4O2. The van der Waals surface area contributed by atoms with Crippen molar-refractivity contribution < 1.29 is 9.53 Å². The number of anilines is 1. The molecule has 2 aromatic carbocycles. The molecule has 0 radical (unpaired) electrons. The van der Waals surface area contributed by atoms with E-state index < -0.39 is 0 Å². The molecule has 2 saturated heterocycles. The second kappa shape index (κ2) is 7.11. The molecular weight excluding hydrogens is 352 g/mol. The molecule has 28 heavy (non-hydrogen) atoms. The van der Waals surface area contributed by atoms with Gasteiger partial charge in [-0.25, -0.2) is 14.8 Å². The van der Waals surface area contributed by atoms with Gasteiger partial charge < -0.3 is 15.0 Å². The van der Waals surface area contributed by atoms with Gasteiger partial charge in [-0.2, -0.15) is 0 Å². The maximum Gasteiger partial charge on any atom is 0.407 e. The summed E-state index contributed by atoms with van der Waals surface area (Å²) in [5.41, 5.74) is 2.04. The van der Waals surface area contributed by atoms with Crippen LogP contribution in [0.15, 0.2) is 54.7 Å². The number of hydrogen-bond donors (Lipinski definition) is 1. The predicted molar refractivity (Wildman–Crippen MR) is 108 cm³/mol. The fraction of sp³-hybridized carbons (Fsp3) is 0.318. The molecule has 2 aliphatic heterocycles. The third kappa shape index (κ3) is 3.26. The first-order valence-corrected chi connectivity index (χ1v) is 9.77. The number of fused-ring (bicyclic) bond motifs is 1. The summed E-state index contributed by atoms with van der Waals surface area (Å²) >= 11 is 0. The molecule has 142 valence electrons. The highest BCUT2D eigenvalue weighted by Gasteiger charge is 2.33. The minimum atomic E-state index is -0.293. The quantitative estimate of drug-likeness (QED) is 0.758. The smallest absolute Gasteiger partial charge is 0.407 e. The fourth-order valence-electron chi connectivity index (χ4n) is 4.17. The van der Waals surface area contributed by atoms with E-state index in [2.05, 4.69) is 57.7 Å². The van der Waals surface area contributed by atoms with Crippen LogP contribution in [-0.2, 0) is 4.74 Å². The molecule has 1 N–H and O–H groups in total. The Morgan fingerprint density at radius 3 is 2.64 bits per heavy atom. The van der Waals surface area contributed by atoms with E-state index in [0.717, 1.165) is 43.1 Å². The summed E-state index contributed by atoms with van der Waals surface area (Å²) in [7, 11) is 0. The van der Waals surface area contributed by atoms with Gasteiger partial charge in [0, 0.05) is 24.8 Å². The van der Waals surface area contributed by atoms with Crippen molar-refractivity contribution in [1.29, 1.82) is 0 Å². The number of ether oxygens (including phenoxy) is 1. The average molecular weight is 374 g/mol. The van der Waals surface area contributed by atoms with Crippen LogP contribution in [0, 0.1) is 5.92 Å². The third-order valence-corrected chi connectivity index (χ3v) is 5.78. The van der Waals surface area contributed by atoms with Crippen LogP contribution in [0.2, 0.25) is 0 Å². The lowest BCUT2D eigenvalue weighted by atomic mass is 9.90. The van der Waals surface area contributed by atoms with E-state index in [0.29, 0.717) is 12.5 Å². The van der Waals surface area contributed by atoms with Crippen LogP contribution in [0.25, 0.3) is 22.0 Å². The van der Waals surface area contributed by atoms with Crippen molar-refractivity contribution >= 4 is 22.8 Å². The van der Waals surface area contributed by atoms with Crippen molar-refractivity contribution in [2.75, 3.05) is 24.6 Å². The SMILES string of the molecule is O=C1N[C@H](C2CCN(c3nccc(-c4ccc5ccccc5c4)n3)CC2)CO1. The van der Waals surface area contributed by atoms with E-state index in [1.807, 2.05) is 12.3 Å². The third-order valence-electron chi connectivity index (χ3n) is 5.78. The molecule has 0 bridgehead atoms. The second-order valence-corrected chi connectivity index (χ2v) is 7.48. The van der Waals surface area contributed by atoms with Crippen molar-refractivity contribution in [3.63, 3.8) is 0 Å². The Balaban J connectivity index is 1.32. The Morgan fingerprint density at radius 2 is 1.86 bits per heavy atom. The Bertz CT molecular complexity index is 1010. The molecule has 0 spiro atoms. The predicted octanol–water partition coefficient (Wildman–Crippen LogP) is 3.62. The Hall–Kier alpha value is -3.15. The summed E-state index contributed by atoms with van der Waals surface area (Å²) in [6.07, 6.45) is 3.54. The van der Waals surface area contributed by atoms with Gasteiger partial charge in [0.15, 0.2) is 0 Å². The van der Waals surface area contributed by atoms with Crippen LogP contribution in [0.1, 0.15) is 12.8 Å². The molecule has 0 saturated carbocycles. The highest BCUT2D eigenvalue weighted by atomic mass is 16.6. The number of piperidine rings is 1. The molecule has 3 aromatic rings. The lowest BCUT2D eigenvalue weighted by Crippen LogP contribution is -2.43. The Morgan fingerprint density at radius 1 is 1.04 bits per heavy atom. The van der Waals surface area contributed by atoms with E-state index in [1.165, 1.54) is 10.8 Å². The van der Waals surface area contributed by atoms with Gasteiger partial charge in [0.2, 0.25) is 5.95 Å². The number of aromatic nitrogens is 2. The van der Waals surface area contributed by atoms with Crippen LogP contribution in [0.4, 0.5) is 10.7 Å². The van der Waals surface area contributed by atoms with Gasteiger partial charge in [-0.15, -0.1) is 0 Å². The number of cyclic esters (lactones) is 1. The zero-order valence-corrected chi connectivity index (χ0v) is 15.5. The summed E-state index contributed by atoms with van der Waals surface area (Å²) in [6, 6.07) is 16.9. The number of alkyl carbamates (subject to hydrolysis) is 1. The van der Waals surface area contributed by atoms with E-state index >= 15 is 0 Å². The Kier molecular flexibility index (Phi) is 4.31. The molecule has 1 aromatic heterocycles. The molecule has 0 unspecified atom stereocenters. The minimum Gasteiger partial charge on any atom is -0.447 e. The van der Waals surface area contributed by atoms with Crippen molar-refractivity contribution in [3.8, 4) is 11.3 Å². The highest BCUT2D eigenvalue weighted by molar-refractivity contribution is 5.86. The normalized spacial score (nSPS) is 20.2. The van der Waals surface area contributed by atoms with Crippen molar-refractivity contribution in [1.82, 2.24) is 15.3 Å².